The minimum Gasteiger partial charge on any atom is -0.399 e. The molecule has 0 fully saturated rings. The van der Waals surface area contributed by atoms with E-state index in [1.807, 2.05) is 43.5 Å². The fourth-order valence-corrected chi connectivity index (χ4v) is 1.95. The average Bonchev–Trinajstić information content (AvgIpc) is 2.15. The number of anilines is 1. The van der Waals surface area contributed by atoms with E-state index in [1.165, 1.54) is 4.91 Å². The van der Waals surface area contributed by atoms with E-state index in [2.05, 4.69) is 0 Å². The zero-order valence-electron chi connectivity index (χ0n) is 8.28. The van der Waals surface area contributed by atoms with E-state index in [0.717, 1.165) is 16.1 Å². The lowest BCUT2D eigenvalue weighted by Crippen LogP contribution is -1.87. The number of thiocarbonyl (C=S) groups is 1. The van der Waals surface area contributed by atoms with Crippen molar-refractivity contribution in [3.05, 3.63) is 35.9 Å². The lowest BCUT2D eigenvalue weighted by molar-refractivity contribution is 1.64. The number of allylic oxidation sites excluding steroid dienone is 1. The van der Waals surface area contributed by atoms with Gasteiger partial charge in [-0.3, -0.25) is 0 Å². The molecule has 14 heavy (non-hydrogen) atoms. The average molecular weight is 223 g/mol. The third-order valence-electron chi connectivity index (χ3n) is 1.75. The zero-order valence-corrected chi connectivity index (χ0v) is 9.91. The fraction of sp³-hybridized carbons (Fsp3) is 0.182. The van der Waals surface area contributed by atoms with Gasteiger partial charge in [0.15, 0.2) is 0 Å². The van der Waals surface area contributed by atoms with Crippen LogP contribution in [0.2, 0.25) is 0 Å². The second-order valence-corrected chi connectivity index (χ2v) is 4.44. The SMILES string of the molecule is CS/C(=C\C(C)=S)c1ccc(N)cc1. The van der Waals surface area contributed by atoms with Crippen molar-refractivity contribution in [2.75, 3.05) is 12.0 Å². The predicted octanol–water partition coefficient (Wildman–Crippen LogP) is 3.36. The molecule has 1 rings (SSSR count). The van der Waals surface area contributed by atoms with Crippen molar-refractivity contribution in [1.82, 2.24) is 0 Å². The minimum atomic E-state index is 0.785. The topological polar surface area (TPSA) is 26.0 Å². The summed E-state index contributed by atoms with van der Waals surface area (Å²) < 4.78 is 0. The Morgan fingerprint density at radius 3 is 2.36 bits per heavy atom. The zero-order chi connectivity index (χ0) is 10.6. The molecule has 0 heterocycles. The smallest absolute Gasteiger partial charge is 0.0314 e. The van der Waals surface area contributed by atoms with Crippen molar-refractivity contribution < 1.29 is 0 Å². The van der Waals surface area contributed by atoms with E-state index in [-0.39, 0.29) is 0 Å². The molecule has 0 amide bonds. The quantitative estimate of drug-likeness (QED) is 0.483. The summed E-state index contributed by atoms with van der Waals surface area (Å²) >= 11 is 6.74. The van der Waals surface area contributed by atoms with Crippen LogP contribution in [0.25, 0.3) is 4.91 Å². The molecular weight excluding hydrogens is 210 g/mol. The van der Waals surface area contributed by atoms with Crippen molar-refractivity contribution in [3.8, 4) is 0 Å². The van der Waals surface area contributed by atoms with Gasteiger partial charge in [-0.2, -0.15) is 0 Å². The highest BCUT2D eigenvalue weighted by atomic mass is 32.2. The number of hydrogen-bond acceptors (Lipinski definition) is 3. The Morgan fingerprint density at radius 1 is 1.36 bits per heavy atom. The van der Waals surface area contributed by atoms with Crippen molar-refractivity contribution in [2.45, 2.75) is 6.92 Å². The van der Waals surface area contributed by atoms with Gasteiger partial charge < -0.3 is 5.73 Å². The molecule has 0 aliphatic heterocycles. The van der Waals surface area contributed by atoms with Crippen LogP contribution in [0.1, 0.15) is 12.5 Å². The van der Waals surface area contributed by atoms with E-state index in [0.29, 0.717) is 0 Å². The lowest BCUT2D eigenvalue weighted by atomic mass is 10.2. The van der Waals surface area contributed by atoms with Crippen LogP contribution in [-0.4, -0.2) is 11.1 Å². The Hall–Kier alpha value is -0.800. The Bertz CT molecular complexity index is 352. The minimum absolute atomic E-state index is 0.785. The first-order chi connectivity index (χ1) is 6.63. The Morgan fingerprint density at radius 2 is 1.93 bits per heavy atom. The highest BCUT2D eigenvalue weighted by Gasteiger charge is 1.99. The molecule has 1 aromatic rings. The Labute approximate surface area is 94.4 Å². The maximum Gasteiger partial charge on any atom is 0.0314 e. The highest BCUT2D eigenvalue weighted by molar-refractivity contribution is 8.07. The van der Waals surface area contributed by atoms with E-state index < -0.39 is 0 Å². The van der Waals surface area contributed by atoms with Crippen molar-refractivity contribution in [3.63, 3.8) is 0 Å². The van der Waals surface area contributed by atoms with E-state index >= 15 is 0 Å². The molecule has 0 atom stereocenters. The molecule has 74 valence electrons. The molecule has 0 saturated carbocycles. The van der Waals surface area contributed by atoms with Crippen LogP contribution in [0.15, 0.2) is 30.3 Å². The number of thioether (sulfide) groups is 1. The van der Waals surface area contributed by atoms with Crippen LogP contribution in [0.3, 0.4) is 0 Å². The molecule has 1 nitrogen and oxygen atoms in total. The number of nitrogens with two attached hydrogens (primary N) is 1. The fourth-order valence-electron chi connectivity index (χ4n) is 1.09. The van der Waals surface area contributed by atoms with Gasteiger partial charge in [0.25, 0.3) is 0 Å². The van der Waals surface area contributed by atoms with Gasteiger partial charge in [0.2, 0.25) is 0 Å². The van der Waals surface area contributed by atoms with Crippen molar-refractivity contribution in [1.29, 1.82) is 0 Å². The second kappa shape index (κ2) is 5.17. The highest BCUT2D eigenvalue weighted by Crippen LogP contribution is 2.25. The first-order valence-corrected chi connectivity index (χ1v) is 5.89. The summed E-state index contributed by atoms with van der Waals surface area (Å²) in [5, 5.41) is 0. The largest absolute Gasteiger partial charge is 0.399 e. The van der Waals surface area contributed by atoms with Crippen LogP contribution in [-0.2, 0) is 0 Å². The molecule has 0 aliphatic rings. The predicted molar refractivity (Wildman–Crippen MR) is 70.6 cm³/mol. The summed E-state index contributed by atoms with van der Waals surface area (Å²) in [6.45, 7) is 1.92. The van der Waals surface area contributed by atoms with Crippen LogP contribution in [0.4, 0.5) is 5.69 Å². The molecule has 0 aromatic heterocycles. The number of rotatable bonds is 3. The normalized spacial score (nSPS) is 11.4. The van der Waals surface area contributed by atoms with Gasteiger partial charge in [0.05, 0.1) is 0 Å². The molecule has 0 radical (unpaired) electrons. The number of hydrogen-bond donors (Lipinski definition) is 1. The van der Waals surface area contributed by atoms with Crippen LogP contribution in [0.5, 0.6) is 0 Å². The number of nitrogen functional groups attached to an aromatic ring is 1. The maximum atomic E-state index is 5.62. The van der Waals surface area contributed by atoms with Gasteiger partial charge >= 0.3 is 0 Å². The first kappa shape index (κ1) is 11.3. The monoisotopic (exact) mass is 223 g/mol. The van der Waals surface area contributed by atoms with Crippen LogP contribution in [0, 0.1) is 0 Å². The third-order valence-corrected chi connectivity index (χ3v) is 2.66. The summed E-state index contributed by atoms with van der Waals surface area (Å²) in [6, 6.07) is 7.82. The first-order valence-electron chi connectivity index (χ1n) is 4.25. The maximum absolute atomic E-state index is 5.62. The molecule has 1 aromatic carbocycles. The molecule has 0 unspecified atom stereocenters. The number of benzene rings is 1. The summed E-state index contributed by atoms with van der Waals surface area (Å²) in [5.41, 5.74) is 7.57. The van der Waals surface area contributed by atoms with Crippen molar-refractivity contribution in [2.24, 2.45) is 0 Å². The molecule has 0 bridgehead atoms. The lowest BCUT2D eigenvalue weighted by Gasteiger charge is -2.04. The second-order valence-electron chi connectivity index (χ2n) is 2.95. The Kier molecular flexibility index (Phi) is 4.17. The van der Waals surface area contributed by atoms with Crippen LogP contribution >= 0.6 is 24.0 Å². The standard InChI is InChI=1S/C11H13NS2/c1-8(13)7-11(14-2)9-3-5-10(12)6-4-9/h3-7H,12H2,1-2H3/b11-7-. The summed E-state index contributed by atoms with van der Waals surface area (Å²) in [6.07, 6.45) is 4.05. The van der Waals surface area contributed by atoms with Crippen molar-refractivity contribution >= 4 is 39.4 Å². The summed E-state index contributed by atoms with van der Waals surface area (Å²) in [4.78, 5) is 2.07. The van der Waals surface area contributed by atoms with Gasteiger partial charge in [-0.1, -0.05) is 24.4 Å². The van der Waals surface area contributed by atoms with Gasteiger partial charge in [0, 0.05) is 15.5 Å². The van der Waals surface area contributed by atoms with E-state index in [9.17, 15) is 0 Å². The molecule has 0 aliphatic carbocycles. The molecule has 0 spiro atoms. The van der Waals surface area contributed by atoms with E-state index in [1.54, 1.807) is 11.8 Å². The molecule has 3 heteroatoms. The van der Waals surface area contributed by atoms with Gasteiger partial charge in [-0.15, -0.1) is 11.8 Å². The third kappa shape index (κ3) is 3.16. The van der Waals surface area contributed by atoms with Gasteiger partial charge in [-0.05, 0) is 37.0 Å². The molecule has 2 N–H and O–H groups in total. The summed E-state index contributed by atoms with van der Waals surface area (Å²) in [5.74, 6) is 0. The van der Waals surface area contributed by atoms with Crippen LogP contribution < -0.4 is 5.73 Å². The Balaban J connectivity index is 3.01. The van der Waals surface area contributed by atoms with E-state index in [4.69, 9.17) is 18.0 Å². The van der Waals surface area contributed by atoms with Gasteiger partial charge in [-0.25, -0.2) is 0 Å². The molecule has 0 saturated heterocycles. The molecular formula is C11H13NS2. The van der Waals surface area contributed by atoms with Gasteiger partial charge in [0.1, 0.15) is 0 Å². The summed E-state index contributed by atoms with van der Waals surface area (Å²) in [7, 11) is 0.